The number of aliphatic hydroxyl groups is 1. The number of nitrogens with zero attached hydrogens (tertiary/aromatic N) is 1. The number of aliphatic hydroxyl groups excluding tert-OH is 1. The predicted octanol–water partition coefficient (Wildman–Crippen LogP) is -0.0601. The fraction of sp³-hybridized carbons (Fsp3) is 0.417. The fourth-order valence-corrected chi connectivity index (χ4v) is 3.09. The first-order valence-electron chi connectivity index (χ1n) is 5.93. The van der Waals surface area contributed by atoms with Crippen LogP contribution in [0.4, 0.5) is 5.69 Å². The van der Waals surface area contributed by atoms with E-state index in [1.807, 2.05) is 0 Å². The first-order chi connectivity index (χ1) is 8.99. The third-order valence-corrected chi connectivity index (χ3v) is 4.64. The lowest BCUT2D eigenvalue weighted by molar-refractivity contribution is -0.117. The van der Waals surface area contributed by atoms with E-state index in [1.165, 1.54) is 18.0 Å². The smallest absolute Gasteiger partial charge is 0.242 e. The van der Waals surface area contributed by atoms with Gasteiger partial charge < -0.3 is 10.0 Å². The van der Waals surface area contributed by atoms with E-state index >= 15 is 0 Å². The van der Waals surface area contributed by atoms with E-state index in [4.69, 9.17) is 5.11 Å². The molecular weight excluding hydrogens is 268 g/mol. The van der Waals surface area contributed by atoms with Gasteiger partial charge in [0.05, 0.1) is 5.69 Å². The standard InChI is InChI=1S/C12H16N2O4S/c1-13-19(17,18)11-5-3-2-4-10(11)14-7-9(8-15)6-12(14)16/h2-5,9,13,15H,6-8H2,1H3. The van der Waals surface area contributed by atoms with Gasteiger partial charge in [0, 0.05) is 25.5 Å². The largest absolute Gasteiger partial charge is 0.396 e. The number of nitrogens with one attached hydrogen (secondary N) is 1. The molecule has 2 rings (SSSR count). The SMILES string of the molecule is CNS(=O)(=O)c1ccccc1N1CC(CO)CC1=O. The average Bonchev–Trinajstić information content (AvgIpc) is 2.80. The minimum atomic E-state index is -3.62. The van der Waals surface area contributed by atoms with E-state index in [1.54, 1.807) is 18.2 Å². The Morgan fingerprint density at radius 2 is 2.11 bits per heavy atom. The topological polar surface area (TPSA) is 86.7 Å². The molecule has 1 fully saturated rings. The molecule has 1 saturated heterocycles. The highest BCUT2D eigenvalue weighted by Crippen LogP contribution is 2.30. The van der Waals surface area contributed by atoms with Crippen molar-refractivity contribution in [1.82, 2.24) is 4.72 Å². The number of hydrogen-bond acceptors (Lipinski definition) is 4. The first kappa shape index (κ1) is 14.0. The zero-order chi connectivity index (χ0) is 14.0. The maximum Gasteiger partial charge on any atom is 0.242 e. The van der Waals surface area contributed by atoms with Gasteiger partial charge in [0.15, 0.2) is 0 Å². The van der Waals surface area contributed by atoms with Crippen LogP contribution in [0, 0.1) is 5.92 Å². The Morgan fingerprint density at radius 1 is 1.42 bits per heavy atom. The molecule has 1 amide bonds. The summed E-state index contributed by atoms with van der Waals surface area (Å²) in [4.78, 5) is 13.4. The zero-order valence-electron chi connectivity index (χ0n) is 10.5. The van der Waals surface area contributed by atoms with Crippen LogP contribution in [-0.2, 0) is 14.8 Å². The van der Waals surface area contributed by atoms with Crippen LogP contribution >= 0.6 is 0 Å². The third-order valence-electron chi connectivity index (χ3n) is 3.18. The molecule has 19 heavy (non-hydrogen) atoms. The molecule has 1 aromatic carbocycles. The highest BCUT2D eigenvalue weighted by atomic mass is 32.2. The normalized spacial score (nSPS) is 20.0. The zero-order valence-corrected chi connectivity index (χ0v) is 11.4. The summed E-state index contributed by atoms with van der Waals surface area (Å²) in [6.45, 7) is 0.259. The van der Waals surface area contributed by atoms with E-state index in [0.717, 1.165) is 0 Å². The molecule has 1 aromatic rings. The van der Waals surface area contributed by atoms with Gasteiger partial charge in [-0.3, -0.25) is 4.79 Å². The molecule has 2 N–H and O–H groups in total. The second kappa shape index (κ2) is 5.28. The van der Waals surface area contributed by atoms with Crippen LogP contribution in [0.15, 0.2) is 29.2 Å². The first-order valence-corrected chi connectivity index (χ1v) is 7.41. The third kappa shape index (κ3) is 2.63. The molecule has 0 aromatic heterocycles. The molecule has 0 spiro atoms. The summed E-state index contributed by atoms with van der Waals surface area (Å²) in [6.07, 6.45) is 0.241. The van der Waals surface area contributed by atoms with Crippen molar-refractivity contribution in [2.45, 2.75) is 11.3 Å². The van der Waals surface area contributed by atoms with Gasteiger partial charge in [0.2, 0.25) is 15.9 Å². The van der Waals surface area contributed by atoms with Crippen LogP contribution in [0.5, 0.6) is 0 Å². The number of carbonyl (C=O) groups excluding carboxylic acids is 1. The summed E-state index contributed by atoms with van der Waals surface area (Å²) in [5.41, 5.74) is 0.359. The lowest BCUT2D eigenvalue weighted by Gasteiger charge is -2.19. The maximum atomic E-state index is 11.9. The van der Waals surface area contributed by atoms with Gasteiger partial charge in [-0.05, 0) is 19.2 Å². The van der Waals surface area contributed by atoms with Gasteiger partial charge in [-0.2, -0.15) is 0 Å². The van der Waals surface area contributed by atoms with Crippen molar-refractivity contribution < 1.29 is 18.3 Å². The average molecular weight is 284 g/mol. The summed E-state index contributed by atoms with van der Waals surface area (Å²) in [7, 11) is -2.29. The number of para-hydroxylation sites is 1. The van der Waals surface area contributed by atoms with Crippen molar-refractivity contribution >= 4 is 21.6 Å². The van der Waals surface area contributed by atoms with Crippen LogP contribution in [0.25, 0.3) is 0 Å². The minimum Gasteiger partial charge on any atom is -0.396 e. The lowest BCUT2D eigenvalue weighted by Crippen LogP contribution is -2.28. The number of rotatable bonds is 4. The molecule has 0 bridgehead atoms. The van der Waals surface area contributed by atoms with Crippen molar-refractivity contribution in [2.75, 3.05) is 25.1 Å². The van der Waals surface area contributed by atoms with Gasteiger partial charge in [-0.1, -0.05) is 12.1 Å². The molecule has 1 aliphatic rings. The number of hydrogen-bond donors (Lipinski definition) is 2. The number of benzene rings is 1. The molecule has 6 nitrogen and oxygen atoms in total. The van der Waals surface area contributed by atoms with Crippen LogP contribution in [0.3, 0.4) is 0 Å². The molecule has 7 heteroatoms. The molecule has 1 atom stereocenters. The molecule has 104 valence electrons. The summed E-state index contributed by atoms with van der Waals surface area (Å²) in [5, 5.41) is 9.11. The number of sulfonamides is 1. The van der Waals surface area contributed by atoms with Gasteiger partial charge in [-0.25, -0.2) is 13.1 Å². The second-order valence-corrected chi connectivity index (χ2v) is 6.29. The van der Waals surface area contributed by atoms with Crippen LogP contribution in [0.1, 0.15) is 6.42 Å². The van der Waals surface area contributed by atoms with Crippen molar-refractivity contribution in [1.29, 1.82) is 0 Å². The summed E-state index contributed by atoms with van der Waals surface area (Å²) < 4.78 is 26.1. The Balaban J connectivity index is 2.44. The van der Waals surface area contributed by atoms with Crippen molar-refractivity contribution in [3.63, 3.8) is 0 Å². The molecule has 0 aliphatic carbocycles. The maximum absolute atomic E-state index is 11.9. The van der Waals surface area contributed by atoms with Crippen molar-refractivity contribution in [3.05, 3.63) is 24.3 Å². The molecule has 1 aliphatic heterocycles. The molecule has 0 radical (unpaired) electrons. The Hall–Kier alpha value is -1.44. The van der Waals surface area contributed by atoms with Crippen LogP contribution < -0.4 is 9.62 Å². The fourth-order valence-electron chi connectivity index (χ4n) is 2.15. The van der Waals surface area contributed by atoms with E-state index < -0.39 is 10.0 Å². The van der Waals surface area contributed by atoms with E-state index in [0.29, 0.717) is 12.2 Å². The molecule has 1 heterocycles. The van der Waals surface area contributed by atoms with Gasteiger partial charge in [0.1, 0.15) is 4.90 Å². The summed E-state index contributed by atoms with van der Waals surface area (Å²) in [6, 6.07) is 6.35. The quantitative estimate of drug-likeness (QED) is 0.811. The minimum absolute atomic E-state index is 0.0736. The van der Waals surface area contributed by atoms with E-state index in [-0.39, 0.29) is 29.7 Å². The Labute approximate surface area is 112 Å². The monoisotopic (exact) mass is 284 g/mol. The molecule has 1 unspecified atom stereocenters. The van der Waals surface area contributed by atoms with Gasteiger partial charge >= 0.3 is 0 Å². The number of anilines is 1. The van der Waals surface area contributed by atoms with Crippen molar-refractivity contribution in [3.8, 4) is 0 Å². The highest BCUT2D eigenvalue weighted by molar-refractivity contribution is 7.89. The van der Waals surface area contributed by atoms with Gasteiger partial charge in [0.25, 0.3) is 0 Å². The van der Waals surface area contributed by atoms with E-state index in [2.05, 4.69) is 4.72 Å². The molecule has 0 saturated carbocycles. The number of amides is 1. The second-order valence-electron chi connectivity index (χ2n) is 4.43. The Bertz CT molecular complexity index is 585. The summed E-state index contributed by atoms with van der Waals surface area (Å²) in [5.74, 6) is -0.310. The van der Waals surface area contributed by atoms with Gasteiger partial charge in [-0.15, -0.1) is 0 Å². The van der Waals surface area contributed by atoms with Crippen LogP contribution in [-0.4, -0.2) is 39.6 Å². The Kier molecular flexibility index (Phi) is 3.88. The van der Waals surface area contributed by atoms with Crippen LogP contribution in [0.2, 0.25) is 0 Å². The predicted molar refractivity (Wildman–Crippen MR) is 70.2 cm³/mol. The van der Waals surface area contributed by atoms with Crippen molar-refractivity contribution in [2.24, 2.45) is 5.92 Å². The Morgan fingerprint density at radius 3 is 2.68 bits per heavy atom. The molecular formula is C12H16N2O4S. The summed E-state index contributed by atoms with van der Waals surface area (Å²) >= 11 is 0. The van der Waals surface area contributed by atoms with E-state index in [9.17, 15) is 13.2 Å². The lowest BCUT2D eigenvalue weighted by atomic mass is 10.1. The highest BCUT2D eigenvalue weighted by Gasteiger charge is 2.33. The number of carbonyl (C=O) groups is 1.